The highest BCUT2D eigenvalue weighted by atomic mass is 16.6. The smallest absolute Gasteiger partial charge is 0.292 e. The first kappa shape index (κ1) is 14.4. The van der Waals surface area contributed by atoms with Gasteiger partial charge in [-0.15, -0.1) is 0 Å². The summed E-state index contributed by atoms with van der Waals surface area (Å²) >= 11 is 0. The number of anilines is 1. The van der Waals surface area contributed by atoms with E-state index in [-0.39, 0.29) is 12.3 Å². The van der Waals surface area contributed by atoms with Crippen LogP contribution in [0.15, 0.2) is 18.2 Å². The molecular formula is C12H18N2O4. The molecule has 2 N–H and O–H groups in total. The molecule has 0 saturated heterocycles. The minimum absolute atomic E-state index is 0.0521. The number of nitro groups is 1. The van der Waals surface area contributed by atoms with E-state index in [1.54, 1.807) is 19.1 Å². The predicted molar refractivity (Wildman–Crippen MR) is 68.8 cm³/mol. The van der Waals surface area contributed by atoms with Crippen molar-refractivity contribution >= 4 is 11.4 Å². The molecule has 18 heavy (non-hydrogen) atoms. The molecule has 0 radical (unpaired) electrons. The van der Waals surface area contributed by atoms with Gasteiger partial charge in [0.05, 0.1) is 17.6 Å². The fourth-order valence-electron chi connectivity index (χ4n) is 1.59. The van der Waals surface area contributed by atoms with E-state index >= 15 is 0 Å². The number of nitrogens with one attached hydrogen (secondary N) is 1. The summed E-state index contributed by atoms with van der Waals surface area (Å²) in [7, 11) is 1.52. The van der Waals surface area contributed by atoms with Crippen LogP contribution in [0.25, 0.3) is 0 Å². The van der Waals surface area contributed by atoms with Crippen LogP contribution in [0.2, 0.25) is 0 Å². The standard InChI is InChI=1S/C12H18N2O4/c1-9-3-4-11(12(7-9)14(16)17)13-6-5-10(15)8-18-2/h3-4,7,10,13,15H,5-6,8H2,1-2H3. The quantitative estimate of drug-likeness (QED) is 0.571. The maximum Gasteiger partial charge on any atom is 0.292 e. The average molecular weight is 254 g/mol. The fraction of sp³-hybridized carbons (Fsp3) is 0.500. The van der Waals surface area contributed by atoms with Gasteiger partial charge in [-0.25, -0.2) is 0 Å². The number of nitro benzene ring substituents is 1. The van der Waals surface area contributed by atoms with Crippen molar-refractivity contribution in [2.45, 2.75) is 19.4 Å². The van der Waals surface area contributed by atoms with E-state index in [2.05, 4.69) is 5.32 Å². The molecular weight excluding hydrogens is 236 g/mol. The summed E-state index contributed by atoms with van der Waals surface area (Å²) in [6, 6.07) is 5.00. The van der Waals surface area contributed by atoms with Crippen LogP contribution in [-0.4, -0.2) is 36.4 Å². The number of benzene rings is 1. The minimum atomic E-state index is -0.563. The van der Waals surface area contributed by atoms with Gasteiger partial charge in [0.15, 0.2) is 0 Å². The van der Waals surface area contributed by atoms with Crippen molar-refractivity contribution in [3.05, 3.63) is 33.9 Å². The van der Waals surface area contributed by atoms with E-state index in [0.717, 1.165) is 5.56 Å². The summed E-state index contributed by atoms with van der Waals surface area (Å²) in [5, 5.41) is 23.3. The van der Waals surface area contributed by atoms with Crippen molar-refractivity contribution in [3.63, 3.8) is 0 Å². The maximum atomic E-state index is 10.9. The van der Waals surface area contributed by atoms with Gasteiger partial charge in [0.1, 0.15) is 5.69 Å². The third kappa shape index (κ3) is 4.31. The molecule has 6 heteroatoms. The third-order valence-corrected chi connectivity index (χ3v) is 2.50. The average Bonchev–Trinajstić information content (AvgIpc) is 2.31. The fourth-order valence-corrected chi connectivity index (χ4v) is 1.59. The highest BCUT2D eigenvalue weighted by molar-refractivity contribution is 5.62. The number of hydrogen-bond acceptors (Lipinski definition) is 5. The number of methoxy groups -OCH3 is 1. The molecule has 0 aromatic heterocycles. The number of hydrogen-bond donors (Lipinski definition) is 2. The summed E-state index contributed by atoms with van der Waals surface area (Å²) in [4.78, 5) is 10.5. The Morgan fingerprint density at radius 1 is 1.56 bits per heavy atom. The number of aliphatic hydroxyl groups is 1. The molecule has 6 nitrogen and oxygen atoms in total. The van der Waals surface area contributed by atoms with Crippen molar-refractivity contribution in [1.82, 2.24) is 0 Å². The Morgan fingerprint density at radius 3 is 2.89 bits per heavy atom. The van der Waals surface area contributed by atoms with Gasteiger partial charge >= 0.3 is 0 Å². The van der Waals surface area contributed by atoms with Crippen molar-refractivity contribution in [3.8, 4) is 0 Å². The molecule has 0 bridgehead atoms. The summed E-state index contributed by atoms with van der Waals surface area (Å²) < 4.78 is 4.80. The monoisotopic (exact) mass is 254 g/mol. The summed E-state index contributed by atoms with van der Waals surface area (Å²) in [5.41, 5.74) is 1.36. The second-order valence-electron chi connectivity index (χ2n) is 4.10. The molecule has 0 amide bonds. The number of aryl methyl sites for hydroxylation is 1. The molecule has 1 aromatic carbocycles. The van der Waals surface area contributed by atoms with Gasteiger partial charge in [-0.3, -0.25) is 10.1 Å². The van der Waals surface area contributed by atoms with Crippen LogP contribution in [-0.2, 0) is 4.74 Å². The first-order chi connectivity index (χ1) is 8.54. The lowest BCUT2D eigenvalue weighted by atomic mass is 10.2. The van der Waals surface area contributed by atoms with Gasteiger partial charge in [-0.2, -0.15) is 0 Å². The van der Waals surface area contributed by atoms with E-state index in [1.165, 1.54) is 13.2 Å². The summed E-state index contributed by atoms with van der Waals surface area (Å²) in [5.74, 6) is 0. The van der Waals surface area contributed by atoms with Crippen LogP contribution in [0.3, 0.4) is 0 Å². The number of aliphatic hydroxyl groups excluding tert-OH is 1. The van der Waals surface area contributed by atoms with Gasteiger partial charge in [-0.1, -0.05) is 6.07 Å². The van der Waals surface area contributed by atoms with Crippen molar-refractivity contribution in [2.24, 2.45) is 0 Å². The maximum absolute atomic E-state index is 10.9. The van der Waals surface area contributed by atoms with Gasteiger partial charge < -0.3 is 15.2 Å². The normalized spacial score (nSPS) is 12.2. The molecule has 0 aliphatic heterocycles. The van der Waals surface area contributed by atoms with Gasteiger partial charge in [0.25, 0.3) is 5.69 Å². The molecule has 1 rings (SSSR count). The highest BCUT2D eigenvalue weighted by Crippen LogP contribution is 2.25. The molecule has 1 atom stereocenters. The Morgan fingerprint density at radius 2 is 2.28 bits per heavy atom. The first-order valence-electron chi connectivity index (χ1n) is 5.70. The van der Waals surface area contributed by atoms with Gasteiger partial charge in [-0.05, 0) is 25.0 Å². The zero-order valence-corrected chi connectivity index (χ0v) is 10.5. The van der Waals surface area contributed by atoms with Crippen molar-refractivity contribution in [2.75, 3.05) is 25.6 Å². The summed E-state index contributed by atoms with van der Waals surface area (Å²) in [6.45, 7) is 2.52. The van der Waals surface area contributed by atoms with E-state index < -0.39 is 11.0 Å². The Hall–Kier alpha value is -1.66. The van der Waals surface area contributed by atoms with Gasteiger partial charge in [0.2, 0.25) is 0 Å². The Bertz CT molecular complexity index is 409. The van der Waals surface area contributed by atoms with Crippen LogP contribution in [0.5, 0.6) is 0 Å². The molecule has 0 saturated carbocycles. The Labute approximate surface area is 106 Å². The predicted octanol–water partition coefficient (Wildman–Crippen LogP) is 1.71. The molecule has 1 unspecified atom stereocenters. The Kier molecular flexibility index (Phi) is 5.54. The molecule has 0 heterocycles. The SMILES string of the molecule is COCC(O)CCNc1ccc(C)cc1[N+](=O)[O-]. The molecule has 0 aliphatic carbocycles. The zero-order chi connectivity index (χ0) is 13.5. The molecule has 0 aliphatic rings. The molecule has 1 aromatic rings. The number of nitrogens with zero attached hydrogens (tertiary/aromatic N) is 1. The summed E-state index contributed by atoms with van der Waals surface area (Å²) in [6.07, 6.45) is -0.0919. The lowest BCUT2D eigenvalue weighted by molar-refractivity contribution is -0.384. The molecule has 0 spiro atoms. The second-order valence-corrected chi connectivity index (χ2v) is 4.10. The van der Waals surface area contributed by atoms with E-state index in [1.807, 2.05) is 0 Å². The zero-order valence-electron chi connectivity index (χ0n) is 10.5. The van der Waals surface area contributed by atoms with Gasteiger partial charge in [0, 0.05) is 19.7 Å². The third-order valence-electron chi connectivity index (χ3n) is 2.50. The molecule has 100 valence electrons. The molecule has 0 fully saturated rings. The van der Waals surface area contributed by atoms with Crippen LogP contribution in [0.1, 0.15) is 12.0 Å². The first-order valence-corrected chi connectivity index (χ1v) is 5.70. The van der Waals surface area contributed by atoms with Crippen molar-refractivity contribution in [1.29, 1.82) is 0 Å². The van der Waals surface area contributed by atoms with Crippen LogP contribution < -0.4 is 5.32 Å². The Balaban J connectivity index is 2.59. The second kappa shape index (κ2) is 6.93. The van der Waals surface area contributed by atoms with Crippen molar-refractivity contribution < 1.29 is 14.8 Å². The lowest BCUT2D eigenvalue weighted by Crippen LogP contribution is -2.18. The lowest BCUT2D eigenvalue weighted by Gasteiger charge is -2.11. The highest BCUT2D eigenvalue weighted by Gasteiger charge is 2.13. The largest absolute Gasteiger partial charge is 0.391 e. The number of rotatable bonds is 7. The van der Waals surface area contributed by atoms with E-state index in [4.69, 9.17) is 4.74 Å². The number of ether oxygens (including phenoxy) is 1. The van der Waals surface area contributed by atoms with Crippen LogP contribution >= 0.6 is 0 Å². The van der Waals surface area contributed by atoms with Crippen LogP contribution in [0, 0.1) is 17.0 Å². The minimum Gasteiger partial charge on any atom is -0.391 e. The van der Waals surface area contributed by atoms with Crippen LogP contribution in [0.4, 0.5) is 11.4 Å². The van der Waals surface area contributed by atoms with E-state index in [9.17, 15) is 15.2 Å². The van der Waals surface area contributed by atoms with E-state index in [0.29, 0.717) is 18.7 Å². The topological polar surface area (TPSA) is 84.6 Å².